The molecule has 4 heteroatoms. The molecular weight excluding hydrogens is 298 g/mol. The molecule has 2 aromatic rings. The number of carbonyl (C=O) groups excluding carboxylic acids is 1. The number of nitrogens with zero attached hydrogens (tertiary/aromatic N) is 2. The van der Waals surface area contributed by atoms with Gasteiger partial charge in [0.2, 0.25) is 5.91 Å². The zero-order chi connectivity index (χ0) is 16.8. The molecule has 3 rings (SSSR count). The molecule has 1 unspecified atom stereocenters. The van der Waals surface area contributed by atoms with Crippen molar-refractivity contribution >= 4 is 11.6 Å². The molecule has 1 aliphatic rings. The third-order valence-corrected chi connectivity index (χ3v) is 4.54. The summed E-state index contributed by atoms with van der Waals surface area (Å²) in [6.45, 7) is 6.27. The number of rotatable bonds is 5. The summed E-state index contributed by atoms with van der Waals surface area (Å²) < 4.78 is 0. The molecule has 2 aromatic carbocycles. The monoisotopic (exact) mass is 323 g/mol. The van der Waals surface area contributed by atoms with E-state index in [0.29, 0.717) is 6.54 Å². The van der Waals surface area contributed by atoms with Crippen molar-refractivity contribution in [1.29, 1.82) is 0 Å². The normalized spacial score (nSPS) is 16.6. The number of benzene rings is 2. The first kappa shape index (κ1) is 16.5. The summed E-state index contributed by atoms with van der Waals surface area (Å²) in [5, 5.41) is 3.09. The summed E-state index contributed by atoms with van der Waals surface area (Å²) in [7, 11) is 0. The molecule has 1 fully saturated rings. The van der Waals surface area contributed by atoms with E-state index in [9.17, 15) is 4.79 Å². The molecule has 0 saturated carbocycles. The van der Waals surface area contributed by atoms with Gasteiger partial charge in [-0.15, -0.1) is 0 Å². The van der Waals surface area contributed by atoms with Gasteiger partial charge in [0.25, 0.3) is 0 Å². The van der Waals surface area contributed by atoms with E-state index in [2.05, 4.69) is 39.4 Å². The molecule has 1 N–H and O–H groups in total. The molecule has 1 amide bonds. The van der Waals surface area contributed by atoms with Crippen LogP contribution in [-0.2, 0) is 4.79 Å². The Bertz CT molecular complexity index is 636. The van der Waals surface area contributed by atoms with Crippen molar-refractivity contribution in [3.05, 3.63) is 66.2 Å². The topological polar surface area (TPSA) is 35.6 Å². The Morgan fingerprint density at radius 2 is 1.54 bits per heavy atom. The van der Waals surface area contributed by atoms with Crippen LogP contribution in [0.2, 0.25) is 0 Å². The quantitative estimate of drug-likeness (QED) is 0.919. The van der Waals surface area contributed by atoms with Gasteiger partial charge in [0.15, 0.2) is 0 Å². The Labute approximate surface area is 144 Å². The molecule has 0 aliphatic carbocycles. The highest BCUT2D eigenvalue weighted by Crippen LogP contribution is 2.15. The highest BCUT2D eigenvalue weighted by molar-refractivity contribution is 5.78. The van der Waals surface area contributed by atoms with Gasteiger partial charge < -0.3 is 10.2 Å². The van der Waals surface area contributed by atoms with Crippen molar-refractivity contribution in [3.63, 3.8) is 0 Å². The average molecular weight is 323 g/mol. The van der Waals surface area contributed by atoms with Crippen molar-refractivity contribution in [1.82, 2.24) is 10.2 Å². The van der Waals surface area contributed by atoms with Crippen LogP contribution in [0.25, 0.3) is 0 Å². The predicted octanol–water partition coefficient (Wildman–Crippen LogP) is 2.69. The maximum absolute atomic E-state index is 12.3. The van der Waals surface area contributed by atoms with Gasteiger partial charge in [0.1, 0.15) is 0 Å². The van der Waals surface area contributed by atoms with Crippen LogP contribution in [0.3, 0.4) is 0 Å². The second-order valence-corrected chi connectivity index (χ2v) is 6.30. The molecule has 0 bridgehead atoms. The molecule has 0 aromatic heterocycles. The zero-order valence-electron chi connectivity index (χ0n) is 14.2. The van der Waals surface area contributed by atoms with Crippen LogP contribution >= 0.6 is 0 Å². The second kappa shape index (κ2) is 7.97. The Kier molecular flexibility index (Phi) is 5.49. The van der Waals surface area contributed by atoms with Crippen LogP contribution in [0, 0.1) is 0 Å². The third-order valence-electron chi connectivity index (χ3n) is 4.54. The first-order valence-electron chi connectivity index (χ1n) is 8.59. The SMILES string of the molecule is CC(NC(=O)CN1CCN(c2ccccc2)CC1)c1ccccc1. The van der Waals surface area contributed by atoms with Crippen molar-refractivity contribution < 1.29 is 4.79 Å². The lowest BCUT2D eigenvalue weighted by atomic mass is 10.1. The largest absolute Gasteiger partial charge is 0.369 e. The van der Waals surface area contributed by atoms with E-state index < -0.39 is 0 Å². The van der Waals surface area contributed by atoms with Gasteiger partial charge in [0.05, 0.1) is 12.6 Å². The molecule has 1 heterocycles. The molecule has 126 valence electrons. The summed E-state index contributed by atoms with van der Waals surface area (Å²) >= 11 is 0. The van der Waals surface area contributed by atoms with Crippen molar-refractivity contribution in [2.75, 3.05) is 37.6 Å². The van der Waals surface area contributed by atoms with Crippen LogP contribution < -0.4 is 10.2 Å². The number of nitrogens with one attached hydrogen (secondary N) is 1. The van der Waals surface area contributed by atoms with E-state index in [0.717, 1.165) is 31.7 Å². The number of carbonyl (C=O) groups is 1. The highest BCUT2D eigenvalue weighted by Gasteiger charge is 2.19. The molecule has 0 radical (unpaired) electrons. The van der Waals surface area contributed by atoms with Crippen LogP contribution in [0.15, 0.2) is 60.7 Å². The minimum atomic E-state index is 0.0457. The van der Waals surface area contributed by atoms with Crippen molar-refractivity contribution in [2.45, 2.75) is 13.0 Å². The fraction of sp³-hybridized carbons (Fsp3) is 0.350. The molecule has 24 heavy (non-hydrogen) atoms. The number of para-hydroxylation sites is 1. The standard InChI is InChI=1S/C20H25N3O/c1-17(18-8-4-2-5-9-18)21-20(24)16-22-12-14-23(15-13-22)19-10-6-3-7-11-19/h2-11,17H,12-16H2,1H3,(H,21,24). The van der Waals surface area contributed by atoms with Gasteiger partial charge in [-0.2, -0.15) is 0 Å². The highest BCUT2D eigenvalue weighted by atomic mass is 16.2. The molecule has 1 aliphatic heterocycles. The van der Waals surface area contributed by atoms with E-state index in [1.54, 1.807) is 0 Å². The van der Waals surface area contributed by atoms with E-state index >= 15 is 0 Å². The van der Waals surface area contributed by atoms with Gasteiger partial charge in [0, 0.05) is 31.9 Å². The molecular formula is C20H25N3O. The second-order valence-electron chi connectivity index (χ2n) is 6.30. The van der Waals surface area contributed by atoms with Crippen LogP contribution in [0.1, 0.15) is 18.5 Å². The maximum atomic E-state index is 12.3. The van der Waals surface area contributed by atoms with Gasteiger partial charge in [-0.25, -0.2) is 0 Å². The molecule has 1 atom stereocenters. The Morgan fingerprint density at radius 1 is 0.958 bits per heavy atom. The lowest BCUT2D eigenvalue weighted by Crippen LogP contribution is -2.49. The minimum Gasteiger partial charge on any atom is -0.369 e. The number of hydrogen-bond donors (Lipinski definition) is 1. The summed E-state index contributed by atoms with van der Waals surface area (Å²) in [6, 6.07) is 20.6. The fourth-order valence-electron chi connectivity index (χ4n) is 3.12. The number of hydrogen-bond acceptors (Lipinski definition) is 3. The Hall–Kier alpha value is -2.33. The van der Waals surface area contributed by atoms with Crippen LogP contribution in [0.4, 0.5) is 5.69 Å². The smallest absolute Gasteiger partial charge is 0.234 e. The summed E-state index contributed by atoms with van der Waals surface area (Å²) in [4.78, 5) is 16.9. The predicted molar refractivity (Wildman–Crippen MR) is 98.1 cm³/mol. The Morgan fingerprint density at radius 3 is 2.17 bits per heavy atom. The first-order valence-corrected chi connectivity index (χ1v) is 8.59. The maximum Gasteiger partial charge on any atom is 0.234 e. The number of anilines is 1. The third kappa shape index (κ3) is 4.36. The van der Waals surface area contributed by atoms with Crippen molar-refractivity contribution in [3.8, 4) is 0 Å². The summed E-state index contributed by atoms with van der Waals surface area (Å²) in [6.07, 6.45) is 0. The number of amides is 1. The van der Waals surface area contributed by atoms with Gasteiger partial charge in [-0.1, -0.05) is 48.5 Å². The average Bonchev–Trinajstić information content (AvgIpc) is 2.64. The van der Waals surface area contributed by atoms with E-state index in [1.807, 2.05) is 43.3 Å². The van der Waals surface area contributed by atoms with Crippen LogP contribution in [0.5, 0.6) is 0 Å². The molecule has 4 nitrogen and oxygen atoms in total. The lowest BCUT2D eigenvalue weighted by molar-refractivity contribution is -0.123. The van der Waals surface area contributed by atoms with Gasteiger partial charge in [-0.3, -0.25) is 9.69 Å². The summed E-state index contributed by atoms with van der Waals surface area (Å²) in [5.74, 6) is 0.0968. The first-order chi connectivity index (χ1) is 11.7. The fourth-order valence-corrected chi connectivity index (χ4v) is 3.12. The number of piperazine rings is 1. The lowest BCUT2D eigenvalue weighted by Gasteiger charge is -2.35. The van der Waals surface area contributed by atoms with Gasteiger partial charge >= 0.3 is 0 Å². The minimum absolute atomic E-state index is 0.0457. The van der Waals surface area contributed by atoms with E-state index in [-0.39, 0.29) is 11.9 Å². The van der Waals surface area contributed by atoms with E-state index in [4.69, 9.17) is 0 Å². The van der Waals surface area contributed by atoms with Crippen molar-refractivity contribution in [2.24, 2.45) is 0 Å². The van der Waals surface area contributed by atoms with Gasteiger partial charge in [-0.05, 0) is 24.6 Å². The van der Waals surface area contributed by atoms with E-state index in [1.165, 1.54) is 5.69 Å². The molecule has 0 spiro atoms. The zero-order valence-corrected chi connectivity index (χ0v) is 14.2. The summed E-state index contributed by atoms with van der Waals surface area (Å²) in [5.41, 5.74) is 2.40. The van der Waals surface area contributed by atoms with Crippen LogP contribution in [-0.4, -0.2) is 43.5 Å². The Balaban J connectivity index is 1.45. The molecule has 1 saturated heterocycles.